The van der Waals surface area contributed by atoms with Crippen LogP contribution < -0.4 is 0 Å². The summed E-state index contributed by atoms with van der Waals surface area (Å²) >= 11 is 9.42. The molecule has 0 fully saturated rings. The van der Waals surface area contributed by atoms with Gasteiger partial charge in [-0.25, -0.2) is 9.78 Å². The molecule has 0 amide bonds. The summed E-state index contributed by atoms with van der Waals surface area (Å²) in [4.78, 5) is 25.9. The largest absolute Gasteiger partial charge is 0.465 e. The third kappa shape index (κ3) is 10.2. The van der Waals surface area contributed by atoms with Crippen molar-refractivity contribution in [2.75, 3.05) is 7.11 Å². The zero-order valence-corrected chi connectivity index (χ0v) is 23.9. The molecule has 1 aromatic heterocycles. The van der Waals surface area contributed by atoms with E-state index in [9.17, 15) is 9.59 Å². The summed E-state index contributed by atoms with van der Waals surface area (Å²) in [6, 6.07) is 25.9. The molecular weight excluding hydrogens is 514 g/mol. The van der Waals surface area contributed by atoms with Crippen LogP contribution in [0.15, 0.2) is 78.9 Å². The number of halogens is 1. The average molecular weight is 548 g/mol. The van der Waals surface area contributed by atoms with E-state index in [0.717, 1.165) is 47.0 Å². The van der Waals surface area contributed by atoms with Gasteiger partial charge in [0, 0.05) is 17.3 Å². The summed E-state index contributed by atoms with van der Waals surface area (Å²) in [7, 11) is 1.42. The minimum atomic E-state index is -0.280. The quantitative estimate of drug-likeness (QED) is 0.186. The van der Waals surface area contributed by atoms with Crippen LogP contribution in [0.5, 0.6) is 0 Å². The fraction of sp³-hybridized carbons (Fsp3) is 0.219. The van der Waals surface area contributed by atoms with Crippen LogP contribution in [0.25, 0.3) is 23.1 Å². The van der Waals surface area contributed by atoms with Gasteiger partial charge in [0.05, 0.1) is 23.9 Å². The number of pyridine rings is 1. The van der Waals surface area contributed by atoms with E-state index in [1.807, 2.05) is 68.5 Å². The minimum absolute atomic E-state index is 0.139. The molecular formula is C32H34ClNO3S. The van der Waals surface area contributed by atoms with Gasteiger partial charge in [-0.2, -0.15) is 0 Å². The number of hydrogen-bond acceptors (Lipinski definition) is 4. The Labute approximate surface area is 236 Å². The number of aromatic nitrogens is 1. The SMILES string of the molecule is CC.CC(=O)S.COC(=O)c1ccccc1CCCc1cccc(/C=C/c2ccc3ccc(Cl)cc3n2)c1. The molecule has 0 N–H and O–H groups in total. The van der Waals surface area contributed by atoms with Gasteiger partial charge in [0.15, 0.2) is 5.12 Å². The molecule has 0 saturated carbocycles. The van der Waals surface area contributed by atoms with Crippen molar-refractivity contribution in [3.63, 3.8) is 0 Å². The Balaban J connectivity index is 0.000000773. The Kier molecular flexibility index (Phi) is 13.3. The summed E-state index contributed by atoms with van der Waals surface area (Å²) in [5, 5.41) is 1.62. The summed E-state index contributed by atoms with van der Waals surface area (Å²) in [6.45, 7) is 5.39. The lowest BCUT2D eigenvalue weighted by molar-refractivity contribution is -0.108. The second-order valence-electron chi connectivity index (χ2n) is 8.17. The van der Waals surface area contributed by atoms with Crippen molar-refractivity contribution in [3.8, 4) is 0 Å². The molecule has 0 atom stereocenters. The highest BCUT2D eigenvalue weighted by atomic mass is 35.5. The van der Waals surface area contributed by atoms with Crippen molar-refractivity contribution in [2.24, 2.45) is 0 Å². The number of nitrogens with zero attached hydrogens (tertiary/aromatic N) is 1. The number of carbonyl (C=O) groups is 2. The van der Waals surface area contributed by atoms with Crippen molar-refractivity contribution < 1.29 is 14.3 Å². The van der Waals surface area contributed by atoms with Crippen molar-refractivity contribution in [3.05, 3.63) is 112 Å². The van der Waals surface area contributed by atoms with Gasteiger partial charge in [-0.15, -0.1) is 12.6 Å². The third-order valence-corrected chi connectivity index (χ3v) is 5.64. The maximum atomic E-state index is 11.9. The average Bonchev–Trinajstić information content (AvgIpc) is 2.92. The minimum Gasteiger partial charge on any atom is -0.465 e. The number of hydrogen-bond donors (Lipinski definition) is 1. The number of fused-ring (bicyclic) bond motifs is 1. The first-order chi connectivity index (χ1) is 18.4. The maximum Gasteiger partial charge on any atom is 0.338 e. The molecule has 0 bridgehead atoms. The van der Waals surface area contributed by atoms with E-state index in [2.05, 4.69) is 54.0 Å². The lowest BCUT2D eigenvalue weighted by atomic mass is 9.99. The van der Waals surface area contributed by atoms with E-state index in [1.165, 1.54) is 19.6 Å². The molecule has 0 radical (unpaired) electrons. The van der Waals surface area contributed by atoms with Crippen LogP contribution >= 0.6 is 24.2 Å². The van der Waals surface area contributed by atoms with Crippen LogP contribution in [0.4, 0.5) is 0 Å². The number of aryl methyl sites for hydroxylation is 2. The Hall–Kier alpha value is -3.41. The monoisotopic (exact) mass is 547 g/mol. The number of carbonyl (C=O) groups excluding carboxylic acids is 2. The first-order valence-corrected chi connectivity index (χ1v) is 13.4. The van der Waals surface area contributed by atoms with Crippen molar-refractivity contribution in [1.82, 2.24) is 4.98 Å². The number of thiol groups is 1. The molecule has 3 aromatic carbocycles. The summed E-state index contributed by atoms with van der Waals surface area (Å²) in [6.07, 6.45) is 6.81. The molecule has 4 aromatic rings. The van der Waals surface area contributed by atoms with E-state index < -0.39 is 0 Å². The van der Waals surface area contributed by atoms with E-state index in [4.69, 9.17) is 16.3 Å². The van der Waals surface area contributed by atoms with Crippen LogP contribution in [-0.2, 0) is 22.4 Å². The van der Waals surface area contributed by atoms with Gasteiger partial charge < -0.3 is 4.74 Å². The van der Waals surface area contributed by atoms with Crippen molar-refractivity contribution in [2.45, 2.75) is 40.0 Å². The lowest BCUT2D eigenvalue weighted by Gasteiger charge is -2.08. The highest BCUT2D eigenvalue weighted by molar-refractivity contribution is 7.96. The van der Waals surface area contributed by atoms with Gasteiger partial charge in [-0.05, 0) is 66.3 Å². The molecule has 0 unspecified atom stereocenters. The molecule has 0 saturated heterocycles. The molecule has 0 aliphatic carbocycles. The number of benzene rings is 3. The maximum absolute atomic E-state index is 11.9. The van der Waals surface area contributed by atoms with E-state index >= 15 is 0 Å². The third-order valence-electron chi connectivity index (χ3n) is 5.41. The normalized spacial score (nSPS) is 10.3. The number of methoxy groups -OCH3 is 1. The van der Waals surface area contributed by atoms with E-state index in [0.29, 0.717) is 10.6 Å². The van der Waals surface area contributed by atoms with E-state index in [-0.39, 0.29) is 11.1 Å². The molecule has 0 aliphatic rings. The van der Waals surface area contributed by atoms with Crippen molar-refractivity contribution >= 4 is 58.4 Å². The zero-order valence-electron chi connectivity index (χ0n) is 22.3. The molecule has 0 spiro atoms. The van der Waals surface area contributed by atoms with Gasteiger partial charge in [0.25, 0.3) is 0 Å². The zero-order chi connectivity index (χ0) is 27.9. The van der Waals surface area contributed by atoms with Gasteiger partial charge in [0.2, 0.25) is 0 Å². The molecule has 6 heteroatoms. The standard InChI is InChI=1S/C28H24ClNO2.C2H4OS.C2H6/c1-32-28(31)26-11-3-2-9-22(26)10-5-8-20-6-4-7-21(18-20)12-16-25-17-14-23-13-15-24(29)19-27(23)30-25;1-2(3)4;1-2/h2-4,6-7,9,11-19H,5,8,10H2,1H3;1H3,(H,3,4);1-2H3/b16-12+;;. The summed E-state index contributed by atoms with van der Waals surface area (Å²) in [5.74, 6) is -0.280. The molecule has 1 heterocycles. The fourth-order valence-electron chi connectivity index (χ4n) is 3.76. The Morgan fingerprint density at radius 2 is 1.63 bits per heavy atom. The predicted octanol–water partition coefficient (Wildman–Crippen LogP) is 8.51. The molecule has 0 aliphatic heterocycles. The summed E-state index contributed by atoms with van der Waals surface area (Å²) < 4.78 is 4.89. The first kappa shape index (κ1) is 30.8. The van der Waals surface area contributed by atoms with Crippen LogP contribution in [0.2, 0.25) is 5.02 Å². The highest BCUT2D eigenvalue weighted by Crippen LogP contribution is 2.19. The molecule has 4 rings (SSSR count). The second kappa shape index (κ2) is 16.4. The Morgan fingerprint density at radius 1 is 0.921 bits per heavy atom. The molecule has 4 nitrogen and oxygen atoms in total. The lowest BCUT2D eigenvalue weighted by Crippen LogP contribution is -2.05. The Bertz CT molecular complexity index is 1380. The van der Waals surface area contributed by atoms with Crippen LogP contribution in [-0.4, -0.2) is 23.2 Å². The van der Waals surface area contributed by atoms with Crippen LogP contribution in [0.1, 0.15) is 59.9 Å². The summed E-state index contributed by atoms with van der Waals surface area (Å²) in [5.41, 5.74) is 5.85. The highest BCUT2D eigenvalue weighted by Gasteiger charge is 2.10. The molecule has 38 heavy (non-hydrogen) atoms. The van der Waals surface area contributed by atoms with Crippen LogP contribution in [0, 0.1) is 0 Å². The number of esters is 1. The van der Waals surface area contributed by atoms with Gasteiger partial charge in [-0.3, -0.25) is 4.79 Å². The smallest absolute Gasteiger partial charge is 0.338 e. The van der Waals surface area contributed by atoms with Gasteiger partial charge in [0.1, 0.15) is 0 Å². The van der Waals surface area contributed by atoms with Crippen molar-refractivity contribution in [1.29, 1.82) is 0 Å². The number of rotatable bonds is 7. The number of ether oxygens (including phenoxy) is 1. The Morgan fingerprint density at radius 3 is 2.37 bits per heavy atom. The molecule has 198 valence electrons. The van der Waals surface area contributed by atoms with Gasteiger partial charge in [-0.1, -0.05) is 86.1 Å². The van der Waals surface area contributed by atoms with E-state index in [1.54, 1.807) is 0 Å². The van der Waals surface area contributed by atoms with Crippen LogP contribution in [0.3, 0.4) is 0 Å². The first-order valence-electron chi connectivity index (χ1n) is 12.5. The fourth-order valence-corrected chi connectivity index (χ4v) is 3.93. The van der Waals surface area contributed by atoms with Gasteiger partial charge >= 0.3 is 5.97 Å². The topological polar surface area (TPSA) is 56.3 Å². The second-order valence-corrected chi connectivity index (χ2v) is 9.24. The predicted molar refractivity (Wildman–Crippen MR) is 163 cm³/mol.